The molecule has 1 saturated heterocycles. The van der Waals surface area contributed by atoms with Crippen molar-refractivity contribution in [2.24, 2.45) is 0 Å². The lowest BCUT2D eigenvalue weighted by atomic mass is 10.2. The highest BCUT2D eigenvalue weighted by molar-refractivity contribution is 6.13. The first-order valence-corrected chi connectivity index (χ1v) is 11.5. The fraction of sp³-hybridized carbons (Fsp3) is 0.296. The van der Waals surface area contributed by atoms with Gasteiger partial charge in [-0.15, -0.1) is 12.4 Å². The van der Waals surface area contributed by atoms with E-state index in [0.29, 0.717) is 12.2 Å². The summed E-state index contributed by atoms with van der Waals surface area (Å²) < 4.78 is 1.90. The average molecular weight is 464 g/mol. The van der Waals surface area contributed by atoms with E-state index in [0.717, 1.165) is 73.1 Å². The number of carbonyl (C=O) groups excluding carboxylic acids is 1. The first-order valence-electron chi connectivity index (χ1n) is 11.5. The molecule has 1 aromatic heterocycles. The Morgan fingerprint density at radius 2 is 1.33 bits per heavy atom. The predicted molar refractivity (Wildman–Crippen MR) is 138 cm³/mol. The van der Waals surface area contributed by atoms with Crippen LogP contribution in [0, 0.1) is 0 Å². The third-order valence-corrected chi connectivity index (χ3v) is 6.54. The SMILES string of the molecule is Cl.O=C(CCCCN1CCN(c2ccccc2O)CC1)n1c2ccccc2c2ccccc21. The molecule has 0 atom stereocenters. The molecule has 1 fully saturated rings. The number of hydrogen-bond donors (Lipinski definition) is 1. The summed E-state index contributed by atoms with van der Waals surface area (Å²) in [6, 6.07) is 23.9. The number of fused-ring (bicyclic) bond motifs is 3. The summed E-state index contributed by atoms with van der Waals surface area (Å²) in [5.74, 6) is 0.524. The van der Waals surface area contributed by atoms with Gasteiger partial charge in [0, 0.05) is 43.4 Å². The third kappa shape index (κ3) is 4.70. The second-order valence-corrected chi connectivity index (χ2v) is 8.54. The summed E-state index contributed by atoms with van der Waals surface area (Å²) in [4.78, 5) is 17.8. The van der Waals surface area contributed by atoms with E-state index in [9.17, 15) is 9.90 Å². The fourth-order valence-electron chi connectivity index (χ4n) is 4.86. The molecule has 3 aromatic carbocycles. The molecule has 0 spiro atoms. The van der Waals surface area contributed by atoms with Gasteiger partial charge in [0.1, 0.15) is 5.75 Å². The van der Waals surface area contributed by atoms with Gasteiger partial charge in [0.15, 0.2) is 0 Å². The summed E-state index contributed by atoms with van der Waals surface area (Å²) in [6.45, 7) is 4.80. The van der Waals surface area contributed by atoms with Gasteiger partial charge in [0.05, 0.1) is 16.7 Å². The van der Waals surface area contributed by atoms with Gasteiger partial charge in [-0.05, 0) is 43.7 Å². The minimum atomic E-state index is 0. The Bertz CT molecular complexity index is 1190. The second kappa shape index (κ2) is 10.3. The Hall–Kier alpha value is -3.02. The molecule has 33 heavy (non-hydrogen) atoms. The highest BCUT2D eigenvalue weighted by Gasteiger charge is 2.19. The fourth-order valence-corrected chi connectivity index (χ4v) is 4.86. The Balaban J connectivity index is 0.00000259. The number of nitrogens with zero attached hydrogens (tertiary/aromatic N) is 3. The molecule has 5 rings (SSSR count). The topological polar surface area (TPSA) is 48.7 Å². The lowest BCUT2D eigenvalue weighted by molar-refractivity contribution is 0.0908. The molecule has 0 radical (unpaired) electrons. The highest BCUT2D eigenvalue weighted by atomic mass is 35.5. The van der Waals surface area contributed by atoms with Gasteiger partial charge in [-0.25, -0.2) is 0 Å². The predicted octanol–water partition coefficient (Wildman–Crippen LogP) is 5.55. The van der Waals surface area contributed by atoms with Crippen LogP contribution in [0.5, 0.6) is 5.75 Å². The van der Waals surface area contributed by atoms with Crippen LogP contribution in [0.25, 0.3) is 21.8 Å². The molecular weight excluding hydrogens is 434 g/mol. The van der Waals surface area contributed by atoms with Gasteiger partial charge >= 0.3 is 0 Å². The molecule has 0 saturated carbocycles. The van der Waals surface area contributed by atoms with E-state index in [1.165, 1.54) is 0 Å². The number of piperazine rings is 1. The number of phenols is 1. The molecule has 5 nitrogen and oxygen atoms in total. The van der Waals surface area contributed by atoms with Crippen LogP contribution in [0.4, 0.5) is 5.69 Å². The van der Waals surface area contributed by atoms with Gasteiger partial charge in [-0.1, -0.05) is 48.5 Å². The van der Waals surface area contributed by atoms with E-state index in [4.69, 9.17) is 0 Å². The number of aromatic hydroxyl groups is 1. The quantitative estimate of drug-likeness (QED) is 0.380. The Kier molecular flexibility index (Phi) is 7.21. The maximum absolute atomic E-state index is 13.1. The van der Waals surface area contributed by atoms with E-state index in [1.807, 2.05) is 59.2 Å². The van der Waals surface area contributed by atoms with Crippen molar-refractivity contribution < 1.29 is 9.90 Å². The zero-order valence-corrected chi connectivity index (χ0v) is 19.5. The molecule has 0 aliphatic carbocycles. The molecule has 4 aromatic rings. The molecule has 2 heterocycles. The summed E-state index contributed by atoms with van der Waals surface area (Å²) in [5, 5.41) is 12.4. The number of unbranched alkanes of at least 4 members (excludes halogenated alkanes) is 1. The van der Waals surface area contributed by atoms with Crippen LogP contribution in [-0.4, -0.2) is 53.2 Å². The van der Waals surface area contributed by atoms with Crippen LogP contribution in [0.3, 0.4) is 0 Å². The van der Waals surface area contributed by atoms with Gasteiger partial charge < -0.3 is 10.0 Å². The van der Waals surface area contributed by atoms with Gasteiger partial charge in [0.2, 0.25) is 5.91 Å². The molecule has 1 N–H and O–H groups in total. The lowest BCUT2D eigenvalue weighted by Gasteiger charge is -2.36. The normalized spacial score (nSPS) is 14.5. The van der Waals surface area contributed by atoms with E-state index in [1.54, 1.807) is 6.07 Å². The van der Waals surface area contributed by atoms with Crippen molar-refractivity contribution in [1.82, 2.24) is 9.47 Å². The maximum atomic E-state index is 13.1. The summed E-state index contributed by atoms with van der Waals surface area (Å²) in [7, 11) is 0. The Labute approximate surface area is 200 Å². The first kappa shape index (κ1) is 23.1. The number of halogens is 1. The van der Waals surface area contributed by atoms with Crippen molar-refractivity contribution in [3.63, 3.8) is 0 Å². The Morgan fingerprint density at radius 1 is 0.758 bits per heavy atom. The van der Waals surface area contributed by atoms with Crippen LogP contribution in [0.2, 0.25) is 0 Å². The van der Waals surface area contributed by atoms with Crippen LogP contribution in [-0.2, 0) is 0 Å². The number of para-hydroxylation sites is 4. The number of phenolic OH excluding ortho intramolecular Hbond substituents is 1. The minimum Gasteiger partial charge on any atom is -0.506 e. The smallest absolute Gasteiger partial charge is 0.231 e. The van der Waals surface area contributed by atoms with Crippen LogP contribution in [0.15, 0.2) is 72.8 Å². The number of aromatic nitrogens is 1. The zero-order valence-electron chi connectivity index (χ0n) is 18.7. The van der Waals surface area contributed by atoms with E-state index in [-0.39, 0.29) is 18.3 Å². The van der Waals surface area contributed by atoms with E-state index in [2.05, 4.69) is 21.9 Å². The summed E-state index contributed by atoms with van der Waals surface area (Å²) >= 11 is 0. The van der Waals surface area contributed by atoms with Crippen molar-refractivity contribution >= 4 is 45.8 Å². The van der Waals surface area contributed by atoms with Crippen molar-refractivity contribution in [3.8, 4) is 5.75 Å². The molecule has 0 bridgehead atoms. The highest BCUT2D eigenvalue weighted by Crippen LogP contribution is 2.29. The van der Waals surface area contributed by atoms with Crippen LogP contribution >= 0.6 is 12.4 Å². The van der Waals surface area contributed by atoms with E-state index >= 15 is 0 Å². The number of hydrogen-bond acceptors (Lipinski definition) is 4. The van der Waals surface area contributed by atoms with Crippen LogP contribution < -0.4 is 4.90 Å². The zero-order chi connectivity index (χ0) is 21.9. The third-order valence-electron chi connectivity index (χ3n) is 6.54. The molecule has 0 unspecified atom stereocenters. The summed E-state index contributed by atoms with van der Waals surface area (Å²) in [5.41, 5.74) is 2.92. The van der Waals surface area contributed by atoms with Crippen molar-refractivity contribution in [1.29, 1.82) is 0 Å². The molecule has 1 aliphatic heterocycles. The standard InChI is InChI=1S/C27H29N3O2.ClH/c31-26-14-6-5-13-25(26)29-19-17-28(18-20-29)16-8-7-15-27(32)30-23-11-3-1-9-21(23)22-10-2-4-12-24(22)30;/h1-6,9-14,31H,7-8,15-20H2;1H. The number of benzene rings is 3. The van der Waals surface area contributed by atoms with Gasteiger partial charge in [0.25, 0.3) is 0 Å². The largest absolute Gasteiger partial charge is 0.506 e. The number of rotatable bonds is 6. The van der Waals surface area contributed by atoms with Crippen molar-refractivity contribution in [3.05, 3.63) is 72.8 Å². The molecule has 0 amide bonds. The number of anilines is 1. The van der Waals surface area contributed by atoms with Gasteiger partial charge in [-0.3, -0.25) is 14.3 Å². The molecular formula is C27H30ClN3O2. The first-order chi connectivity index (χ1) is 15.7. The Morgan fingerprint density at radius 3 is 1.97 bits per heavy atom. The average Bonchev–Trinajstić information content (AvgIpc) is 3.17. The second-order valence-electron chi connectivity index (χ2n) is 8.54. The van der Waals surface area contributed by atoms with Crippen LogP contribution in [0.1, 0.15) is 24.1 Å². The lowest BCUT2D eigenvalue weighted by Crippen LogP contribution is -2.46. The monoisotopic (exact) mass is 463 g/mol. The molecule has 1 aliphatic rings. The van der Waals surface area contributed by atoms with E-state index < -0.39 is 0 Å². The number of carbonyl (C=O) groups is 1. The van der Waals surface area contributed by atoms with Crippen molar-refractivity contribution in [2.45, 2.75) is 19.3 Å². The molecule has 6 heteroatoms. The molecule has 172 valence electrons. The minimum absolute atomic E-state index is 0. The maximum Gasteiger partial charge on any atom is 0.231 e. The summed E-state index contributed by atoms with van der Waals surface area (Å²) in [6.07, 6.45) is 2.46. The van der Waals surface area contributed by atoms with Crippen molar-refractivity contribution in [2.75, 3.05) is 37.6 Å². The van der Waals surface area contributed by atoms with Gasteiger partial charge in [-0.2, -0.15) is 0 Å².